The zero-order valence-electron chi connectivity index (χ0n) is 20.0. The Bertz CT molecular complexity index is 1970. The number of halogens is 2. The number of nitrogens with one attached hydrogen (secondary N) is 2. The van der Waals surface area contributed by atoms with Gasteiger partial charge in [-0.1, -0.05) is 29.8 Å². The summed E-state index contributed by atoms with van der Waals surface area (Å²) >= 11 is 7.93. The van der Waals surface area contributed by atoms with Crippen molar-refractivity contribution < 1.29 is 14.0 Å². The smallest absolute Gasteiger partial charge is 0.257 e. The molecule has 2 N–H and O–H groups in total. The van der Waals surface area contributed by atoms with Gasteiger partial charge in [-0.3, -0.25) is 9.59 Å². The van der Waals surface area contributed by atoms with Gasteiger partial charge >= 0.3 is 0 Å². The SMILES string of the molecule is O=C1N[C@@H](c2cc(F)ccc2Cl)c2c(NC(=O)c3csc4ccccc34)cc(-c3ccc4ncnn4c3)cc21. The molecule has 0 bridgehead atoms. The standard InChI is InChI=1S/C29H17ClFN5O2S/c30-22-7-6-17(31)11-19(22)27-26-20(28(37)35-27)9-16(15-5-8-25-32-14-33-36(25)12-15)10-23(26)34-29(38)21-13-39-24-4-2-1-3-18(21)24/h1-14,27H,(H,34,38)(H,35,37)/t27-/m0/s1. The van der Waals surface area contributed by atoms with E-state index in [9.17, 15) is 14.0 Å². The Kier molecular flexibility index (Phi) is 5.43. The molecule has 3 aromatic carbocycles. The van der Waals surface area contributed by atoms with Gasteiger partial charge in [-0.15, -0.1) is 11.3 Å². The molecular weight excluding hydrogens is 537 g/mol. The maximum Gasteiger partial charge on any atom is 0.257 e. The Labute approximate surface area is 229 Å². The molecule has 0 spiro atoms. The Balaban J connectivity index is 1.40. The summed E-state index contributed by atoms with van der Waals surface area (Å²) in [7, 11) is 0. The third-order valence-electron chi connectivity index (χ3n) is 6.84. The first-order valence-electron chi connectivity index (χ1n) is 12.0. The second-order valence-electron chi connectivity index (χ2n) is 9.14. The largest absolute Gasteiger partial charge is 0.341 e. The number of nitrogens with zero attached hydrogens (tertiary/aromatic N) is 3. The first kappa shape index (κ1) is 23.5. The number of fused-ring (bicyclic) bond motifs is 3. The van der Waals surface area contributed by atoms with E-state index in [1.807, 2.05) is 47.8 Å². The number of aromatic nitrogens is 3. The highest BCUT2D eigenvalue weighted by molar-refractivity contribution is 7.17. The fourth-order valence-corrected chi connectivity index (χ4v) is 6.17. The number of carbonyl (C=O) groups excluding carboxylic acids is 2. The number of rotatable bonds is 4. The number of hydrogen-bond donors (Lipinski definition) is 2. The molecule has 1 aliphatic heterocycles. The molecule has 0 radical (unpaired) electrons. The van der Waals surface area contributed by atoms with Crippen LogP contribution >= 0.6 is 22.9 Å². The predicted octanol–water partition coefficient (Wildman–Crippen LogP) is 6.49. The molecule has 3 aromatic heterocycles. The minimum atomic E-state index is -0.753. The van der Waals surface area contributed by atoms with E-state index >= 15 is 0 Å². The van der Waals surface area contributed by atoms with Crippen molar-refractivity contribution in [2.45, 2.75) is 6.04 Å². The van der Waals surface area contributed by atoms with E-state index in [1.54, 1.807) is 16.8 Å². The lowest BCUT2D eigenvalue weighted by molar-refractivity contribution is 0.0959. The summed E-state index contributed by atoms with van der Waals surface area (Å²) in [6.07, 6.45) is 3.26. The molecule has 0 saturated heterocycles. The first-order valence-corrected chi connectivity index (χ1v) is 13.2. The zero-order chi connectivity index (χ0) is 26.7. The highest BCUT2D eigenvalue weighted by Gasteiger charge is 2.35. The number of pyridine rings is 1. The van der Waals surface area contributed by atoms with Crippen molar-refractivity contribution in [1.82, 2.24) is 19.9 Å². The highest BCUT2D eigenvalue weighted by atomic mass is 35.5. The number of carbonyl (C=O) groups is 2. The average Bonchev–Trinajstić information content (AvgIpc) is 3.67. The molecule has 2 amide bonds. The third-order valence-corrected chi connectivity index (χ3v) is 8.15. The van der Waals surface area contributed by atoms with E-state index < -0.39 is 11.9 Å². The highest BCUT2D eigenvalue weighted by Crippen LogP contribution is 2.42. The molecule has 0 saturated carbocycles. The van der Waals surface area contributed by atoms with Crippen LogP contribution in [0.25, 0.3) is 26.9 Å². The average molecular weight is 554 g/mol. The van der Waals surface area contributed by atoms with Gasteiger partial charge in [0.1, 0.15) is 12.1 Å². The number of thiophene rings is 1. The van der Waals surface area contributed by atoms with E-state index in [0.717, 1.165) is 15.6 Å². The van der Waals surface area contributed by atoms with Crippen LogP contribution in [0.5, 0.6) is 0 Å². The third kappa shape index (κ3) is 3.94. The van der Waals surface area contributed by atoms with E-state index in [1.165, 1.54) is 35.9 Å². The molecule has 0 aliphatic carbocycles. The van der Waals surface area contributed by atoms with E-state index in [4.69, 9.17) is 11.6 Å². The fraction of sp³-hybridized carbons (Fsp3) is 0.0345. The molecule has 190 valence electrons. The second kappa shape index (κ2) is 9.00. The van der Waals surface area contributed by atoms with Crippen LogP contribution in [-0.2, 0) is 0 Å². The Hall–Kier alpha value is -4.60. The molecule has 0 unspecified atom stereocenters. The van der Waals surface area contributed by atoms with Crippen molar-refractivity contribution >= 4 is 56.2 Å². The quantitative estimate of drug-likeness (QED) is 0.261. The molecule has 6 aromatic rings. The number of amides is 2. The van der Waals surface area contributed by atoms with Crippen LogP contribution in [0.1, 0.15) is 37.9 Å². The molecule has 1 aliphatic rings. The van der Waals surface area contributed by atoms with Crippen LogP contribution in [0.3, 0.4) is 0 Å². The van der Waals surface area contributed by atoms with Gasteiger partial charge in [0.05, 0.1) is 11.6 Å². The van der Waals surface area contributed by atoms with Crippen LogP contribution in [0, 0.1) is 5.82 Å². The lowest BCUT2D eigenvalue weighted by Gasteiger charge is -2.19. The van der Waals surface area contributed by atoms with Gasteiger partial charge < -0.3 is 10.6 Å². The second-order valence-corrected chi connectivity index (χ2v) is 10.5. The Morgan fingerprint density at radius 1 is 1.08 bits per heavy atom. The lowest BCUT2D eigenvalue weighted by Crippen LogP contribution is -2.21. The number of benzene rings is 3. The number of anilines is 1. The van der Waals surface area contributed by atoms with Crippen LogP contribution in [0.15, 0.2) is 84.6 Å². The first-order chi connectivity index (χ1) is 19.0. The summed E-state index contributed by atoms with van der Waals surface area (Å²) in [5.41, 5.74) is 4.37. The van der Waals surface area contributed by atoms with Gasteiger partial charge in [0.2, 0.25) is 0 Å². The van der Waals surface area contributed by atoms with Gasteiger partial charge in [-0.05, 0) is 54.1 Å². The molecule has 4 heterocycles. The molecule has 0 fully saturated rings. The molecule has 10 heteroatoms. The predicted molar refractivity (Wildman–Crippen MR) is 149 cm³/mol. The van der Waals surface area contributed by atoms with Gasteiger partial charge in [0.25, 0.3) is 11.8 Å². The van der Waals surface area contributed by atoms with Gasteiger partial charge in [0.15, 0.2) is 5.65 Å². The summed E-state index contributed by atoms with van der Waals surface area (Å²) in [5.74, 6) is -1.15. The number of hydrogen-bond acceptors (Lipinski definition) is 5. The summed E-state index contributed by atoms with van der Waals surface area (Å²) < 4.78 is 16.9. The van der Waals surface area contributed by atoms with Crippen LogP contribution in [-0.4, -0.2) is 26.4 Å². The van der Waals surface area contributed by atoms with E-state index in [-0.39, 0.29) is 11.8 Å². The molecule has 7 nitrogen and oxygen atoms in total. The van der Waals surface area contributed by atoms with Crippen molar-refractivity contribution in [2.75, 3.05) is 5.32 Å². The van der Waals surface area contributed by atoms with Gasteiger partial charge in [-0.25, -0.2) is 13.9 Å². The van der Waals surface area contributed by atoms with Crippen LogP contribution in [0.2, 0.25) is 5.02 Å². The summed E-state index contributed by atoms with van der Waals surface area (Å²) in [5, 5.41) is 13.1. The Morgan fingerprint density at radius 3 is 2.85 bits per heavy atom. The molecular formula is C29H17ClFN5O2S. The van der Waals surface area contributed by atoms with Crippen molar-refractivity contribution in [3.05, 3.63) is 118 Å². The van der Waals surface area contributed by atoms with E-state index in [0.29, 0.717) is 44.2 Å². The normalized spacial score (nSPS) is 14.5. The van der Waals surface area contributed by atoms with Gasteiger partial charge in [0, 0.05) is 54.6 Å². The maximum absolute atomic E-state index is 14.3. The summed E-state index contributed by atoms with van der Waals surface area (Å²) in [4.78, 5) is 31.0. The molecule has 7 rings (SSSR count). The molecule has 39 heavy (non-hydrogen) atoms. The fourth-order valence-electron chi connectivity index (χ4n) is 5.00. The van der Waals surface area contributed by atoms with Gasteiger partial charge in [-0.2, -0.15) is 5.10 Å². The monoisotopic (exact) mass is 553 g/mol. The van der Waals surface area contributed by atoms with Crippen LogP contribution < -0.4 is 10.6 Å². The van der Waals surface area contributed by atoms with Crippen LogP contribution in [0.4, 0.5) is 10.1 Å². The maximum atomic E-state index is 14.3. The Morgan fingerprint density at radius 2 is 1.95 bits per heavy atom. The summed E-state index contributed by atoms with van der Waals surface area (Å²) in [6, 6.07) is 18.2. The van der Waals surface area contributed by atoms with E-state index in [2.05, 4.69) is 20.7 Å². The zero-order valence-corrected chi connectivity index (χ0v) is 21.6. The lowest BCUT2D eigenvalue weighted by atomic mass is 9.93. The van der Waals surface area contributed by atoms with Crippen molar-refractivity contribution in [1.29, 1.82) is 0 Å². The van der Waals surface area contributed by atoms with Crippen molar-refractivity contribution in [3.63, 3.8) is 0 Å². The summed E-state index contributed by atoms with van der Waals surface area (Å²) in [6.45, 7) is 0. The molecule has 1 atom stereocenters. The topological polar surface area (TPSA) is 88.4 Å². The minimum absolute atomic E-state index is 0.302. The minimum Gasteiger partial charge on any atom is -0.341 e. The van der Waals surface area contributed by atoms with Crippen molar-refractivity contribution in [3.8, 4) is 11.1 Å². The van der Waals surface area contributed by atoms with Crippen molar-refractivity contribution in [2.24, 2.45) is 0 Å².